The zero-order chi connectivity index (χ0) is 17.0. The van der Waals surface area contributed by atoms with Gasteiger partial charge in [0.25, 0.3) is 0 Å². The number of hydrogen-bond acceptors (Lipinski definition) is 7. The molecule has 0 aliphatic carbocycles. The molecule has 0 spiro atoms. The number of benzene rings is 1. The summed E-state index contributed by atoms with van der Waals surface area (Å²) in [5, 5.41) is 32.8. The van der Waals surface area contributed by atoms with Gasteiger partial charge in [-0.25, -0.2) is 9.18 Å². The Kier molecular flexibility index (Phi) is 5.67. The number of rotatable bonds is 7. The topological polar surface area (TPSA) is 112 Å². The minimum Gasteiger partial charge on any atom is -0.423 e. The first-order valence-corrected chi connectivity index (χ1v) is 6.89. The molecule has 2 aromatic rings. The second-order valence-corrected chi connectivity index (χ2v) is 5.01. The Bertz CT molecular complexity index is 702. The maximum Gasteiger partial charge on any atom is 0.336 e. The first-order chi connectivity index (χ1) is 11.0. The van der Waals surface area contributed by atoms with E-state index in [0.717, 1.165) is 0 Å². The molecule has 1 aromatic heterocycles. The van der Waals surface area contributed by atoms with Crippen LogP contribution in [-0.2, 0) is 4.74 Å². The van der Waals surface area contributed by atoms with Crippen LogP contribution in [-0.4, -0.2) is 53.6 Å². The highest BCUT2D eigenvalue weighted by Gasteiger charge is 2.31. The first kappa shape index (κ1) is 17.4. The quantitative estimate of drug-likeness (QED) is 0.425. The van der Waals surface area contributed by atoms with Crippen molar-refractivity contribution in [1.29, 1.82) is 0 Å². The monoisotopic (exact) mass is 327 g/mol. The highest BCUT2D eigenvalue weighted by molar-refractivity contribution is 5.80. The molecule has 2 rings (SSSR count). The van der Waals surface area contributed by atoms with Crippen LogP contribution in [0.5, 0.6) is 0 Å². The van der Waals surface area contributed by atoms with Crippen LogP contribution in [0.2, 0.25) is 0 Å². The van der Waals surface area contributed by atoms with E-state index in [-0.39, 0.29) is 0 Å². The van der Waals surface area contributed by atoms with Crippen LogP contribution in [0.25, 0.3) is 11.0 Å². The number of hydrogen-bond donors (Lipinski definition) is 4. The summed E-state index contributed by atoms with van der Waals surface area (Å²) in [4.78, 5) is 11.2. The number of fused-ring (bicyclic) bond motifs is 1. The van der Waals surface area contributed by atoms with Crippen LogP contribution in [0.1, 0.15) is 0 Å². The molecule has 0 amide bonds. The predicted octanol–water partition coefficient (Wildman–Crippen LogP) is 0.230. The molecule has 126 valence electrons. The van der Waals surface area contributed by atoms with Gasteiger partial charge in [-0.15, -0.1) is 0 Å². The van der Waals surface area contributed by atoms with Crippen molar-refractivity contribution in [3.8, 4) is 0 Å². The molecule has 1 aromatic carbocycles. The maximum atomic E-state index is 12.6. The van der Waals surface area contributed by atoms with E-state index in [1.807, 2.05) is 0 Å². The van der Waals surface area contributed by atoms with Crippen LogP contribution in [0, 0.1) is 0 Å². The smallest absolute Gasteiger partial charge is 0.336 e. The summed E-state index contributed by atoms with van der Waals surface area (Å²) in [5.74, 6) is 0. The molecule has 4 atom stereocenters. The highest BCUT2D eigenvalue weighted by atomic mass is 19.1. The van der Waals surface area contributed by atoms with Gasteiger partial charge in [-0.1, -0.05) is 0 Å². The van der Waals surface area contributed by atoms with Crippen LogP contribution in [0.15, 0.2) is 39.5 Å². The predicted molar refractivity (Wildman–Crippen MR) is 80.9 cm³/mol. The Morgan fingerprint density at radius 1 is 1.22 bits per heavy atom. The summed E-state index contributed by atoms with van der Waals surface area (Å²) in [6.07, 6.45) is -6.14. The van der Waals surface area contributed by atoms with E-state index in [2.05, 4.69) is 10.1 Å². The van der Waals surface area contributed by atoms with Crippen molar-refractivity contribution < 1.29 is 28.9 Å². The van der Waals surface area contributed by atoms with Crippen molar-refractivity contribution in [1.82, 2.24) is 0 Å². The number of alkyl halides is 1. The molecule has 4 N–H and O–H groups in total. The Morgan fingerprint density at radius 2 is 1.91 bits per heavy atom. The Balaban J connectivity index is 2.12. The van der Waals surface area contributed by atoms with Crippen molar-refractivity contribution in [2.45, 2.75) is 24.5 Å². The van der Waals surface area contributed by atoms with Gasteiger partial charge in [0, 0.05) is 30.3 Å². The van der Waals surface area contributed by atoms with Gasteiger partial charge in [0.15, 0.2) is 6.23 Å². The van der Waals surface area contributed by atoms with Gasteiger partial charge >= 0.3 is 5.63 Å². The van der Waals surface area contributed by atoms with E-state index in [1.54, 1.807) is 18.2 Å². The summed E-state index contributed by atoms with van der Waals surface area (Å²) >= 11 is 0. The molecule has 8 heteroatoms. The molecule has 0 radical (unpaired) electrons. The van der Waals surface area contributed by atoms with Crippen LogP contribution < -0.4 is 10.9 Å². The zero-order valence-electron chi connectivity index (χ0n) is 12.3. The van der Waals surface area contributed by atoms with Gasteiger partial charge in [0.05, 0.1) is 0 Å². The van der Waals surface area contributed by atoms with E-state index in [9.17, 15) is 24.5 Å². The van der Waals surface area contributed by atoms with E-state index >= 15 is 0 Å². The van der Waals surface area contributed by atoms with Gasteiger partial charge in [0.1, 0.15) is 30.6 Å². The lowest BCUT2D eigenvalue weighted by Gasteiger charge is -2.28. The highest BCUT2D eigenvalue weighted by Crippen LogP contribution is 2.19. The minimum atomic E-state index is -1.69. The molecule has 0 fully saturated rings. The molecule has 0 aliphatic heterocycles. The fourth-order valence-electron chi connectivity index (χ4n) is 2.11. The molecular weight excluding hydrogens is 309 g/mol. The summed E-state index contributed by atoms with van der Waals surface area (Å²) in [5.41, 5.74) is 0.125. The average Bonchev–Trinajstić information content (AvgIpc) is 2.54. The second-order valence-electron chi connectivity index (χ2n) is 5.01. The van der Waals surface area contributed by atoms with Crippen molar-refractivity contribution >= 4 is 16.7 Å². The SMILES string of the molecule is COC(CF)C(O)C(O)C(O)Nc1ccc2ccc(=O)oc2c1. The first-order valence-electron chi connectivity index (χ1n) is 6.89. The molecule has 7 nitrogen and oxygen atoms in total. The van der Waals surface area contributed by atoms with Crippen LogP contribution in [0.4, 0.5) is 10.1 Å². The molecule has 0 bridgehead atoms. The van der Waals surface area contributed by atoms with Crippen molar-refractivity contribution in [3.05, 3.63) is 40.8 Å². The lowest BCUT2D eigenvalue weighted by molar-refractivity contribution is -0.112. The third kappa shape index (κ3) is 4.05. The number of anilines is 1. The minimum absolute atomic E-state index is 0.295. The van der Waals surface area contributed by atoms with Gasteiger partial charge in [-0.3, -0.25) is 0 Å². The molecule has 0 saturated carbocycles. The van der Waals surface area contributed by atoms with Gasteiger partial charge in [-0.05, 0) is 18.2 Å². The number of aliphatic hydroxyl groups is 3. The Morgan fingerprint density at radius 3 is 2.57 bits per heavy atom. The third-order valence-electron chi connectivity index (χ3n) is 3.45. The standard InChI is InChI=1S/C15H18FNO6/c1-22-11(7-16)13(19)14(20)15(21)17-9-4-2-8-3-5-12(18)23-10(8)6-9/h2-6,11,13-15,17,19-21H,7H2,1H3. The summed E-state index contributed by atoms with van der Waals surface area (Å²) in [7, 11) is 1.19. The van der Waals surface area contributed by atoms with Crippen LogP contribution in [0.3, 0.4) is 0 Å². The number of aliphatic hydroxyl groups excluding tert-OH is 3. The third-order valence-corrected chi connectivity index (χ3v) is 3.45. The molecule has 4 unspecified atom stereocenters. The second kappa shape index (κ2) is 7.51. The molecular formula is C15H18FNO6. The largest absolute Gasteiger partial charge is 0.423 e. The zero-order valence-corrected chi connectivity index (χ0v) is 12.3. The lowest BCUT2D eigenvalue weighted by Crippen LogP contribution is -2.48. The fraction of sp³-hybridized carbons (Fsp3) is 0.400. The average molecular weight is 327 g/mol. The lowest BCUT2D eigenvalue weighted by atomic mass is 10.1. The molecule has 0 saturated heterocycles. The van der Waals surface area contributed by atoms with Gasteiger partial charge in [-0.2, -0.15) is 0 Å². The number of nitrogens with one attached hydrogen (secondary N) is 1. The number of ether oxygens (including phenoxy) is 1. The summed E-state index contributed by atoms with van der Waals surface area (Å²) in [6, 6.07) is 7.57. The number of methoxy groups -OCH3 is 1. The van der Waals surface area contributed by atoms with Gasteiger partial charge in [0.2, 0.25) is 0 Å². The normalized spacial score (nSPS) is 16.7. The van der Waals surface area contributed by atoms with E-state index in [1.165, 1.54) is 19.2 Å². The van der Waals surface area contributed by atoms with E-state index in [4.69, 9.17) is 4.42 Å². The Labute approximate surface area is 130 Å². The van der Waals surface area contributed by atoms with E-state index in [0.29, 0.717) is 16.7 Å². The molecule has 23 heavy (non-hydrogen) atoms. The Hall–Kier alpha value is -2.00. The summed E-state index contributed by atoms with van der Waals surface area (Å²) < 4.78 is 22.3. The van der Waals surface area contributed by atoms with Crippen LogP contribution >= 0.6 is 0 Å². The fourth-order valence-corrected chi connectivity index (χ4v) is 2.11. The number of halogens is 1. The van der Waals surface area contributed by atoms with E-state index < -0.39 is 36.8 Å². The summed E-state index contributed by atoms with van der Waals surface area (Å²) in [6.45, 7) is -1.01. The van der Waals surface area contributed by atoms with Gasteiger partial charge < -0.3 is 29.8 Å². The van der Waals surface area contributed by atoms with Crippen molar-refractivity contribution in [2.24, 2.45) is 0 Å². The molecule has 1 heterocycles. The van der Waals surface area contributed by atoms with Crippen molar-refractivity contribution in [2.75, 3.05) is 19.1 Å². The maximum absolute atomic E-state index is 12.6. The molecule has 0 aliphatic rings. The van der Waals surface area contributed by atoms with Crippen molar-refractivity contribution in [3.63, 3.8) is 0 Å².